The van der Waals surface area contributed by atoms with E-state index in [0.29, 0.717) is 21.9 Å². The molecule has 0 unspecified atom stereocenters. The third kappa shape index (κ3) is 3.34. The predicted octanol–water partition coefficient (Wildman–Crippen LogP) is 4.17. The highest BCUT2D eigenvalue weighted by molar-refractivity contribution is 7.18. The highest BCUT2D eigenvalue weighted by atomic mass is 32.1. The monoisotopic (exact) mass is 405 g/mol. The van der Waals surface area contributed by atoms with Crippen LogP contribution in [0.3, 0.4) is 0 Å². The standard InChI is InChI=1S/C21H27NO5S/c1-11-16(19(24)26-2)18(28-17(11)20(25)27-3)22-15(23)10-21-7-12-4-13(8-21)6-14(5-12)9-21/h12-14H,4-10H2,1-3H3,(H,22,23). The Hall–Kier alpha value is -1.89. The van der Waals surface area contributed by atoms with E-state index in [-0.39, 0.29) is 16.9 Å². The molecule has 4 fully saturated rings. The molecule has 1 N–H and O–H groups in total. The number of methoxy groups -OCH3 is 2. The lowest BCUT2D eigenvalue weighted by Gasteiger charge is -2.56. The summed E-state index contributed by atoms with van der Waals surface area (Å²) in [5.41, 5.74) is 0.836. The molecule has 1 aromatic rings. The molecule has 4 aliphatic rings. The van der Waals surface area contributed by atoms with Crippen molar-refractivity contribution in [3.63, 3.8) is 0 Å². The van der Waals surface area contributed by atoms with Crippen molar-refractivity contribution in [3.05, 3.63) is 16.0 Å². The fourth-order valence-corrected chi connectivity index (χ4v) is 7.38. The van der Waals surface area contributed by atoms with Gasteiger partial charge >= 0.3 is 11.9 Å². The molecule has 6 nitrogen and oxygen atoms in total. The lowest BCUT2D eigenvalue weighted by molar-refractivity contribution is -0.124. The summed E-state index contributed by atoms with van der Waals surface area (Å²) in [6.07, 6.45) is 7.93. The van der Waals surface area contributed by atoms with Crippen molar-refractivity contribution in [2.24, 2.45) is 23.2 Å². The number of carbonyl (C=O) groups excluding carboxylic acids is 3. The summed E-state index contributed by atoms with van der Waals surface area (Å²) in [5, 5.41) is 3.29. The molecular formula is C21H27NO5S. The second-order valence-electron chi connectivity index (χ2n) is 8.89. The van der Waals surface area contributed by atoms with Crippen molar-refractivity contribution < 1.29 is 23.9 Å². The topological polar surface area (TPSA) is 81.7 Å². The van der Waals surface area contributed by atoms with Crippen molar-refractivity contribution in [3.8, 4) is 0 Å². The minimum Gasteiger partial charge on any atom is -0.465 e. The van der Waals surface area contributed by atoms with Gasteiger partial charge in [0, 0.05) is 6.42 Å². The summed E-state index contributed by atoms with van der Waals surface area (Å²) in [6.45, 7) is 1.67. The van der Waals surface area contributed by atoms with Crippen LogP contribution < -0.4 is 5.32 Å². The van der Waals surface area contributed by atoms with Gasteiger partial charge in [-0.1, -0.05) is 0 Å². The molecular weight excluding hydrogens is 378 g/mol. The summed E-state index contributed by atoms with van der Waals surface area (Å²) in [5.74, 6) is 1.17. The smallest absolute Gasteiger partial charge is 0.348 e. The third-order valence-corrected chi connectivity index (χ3v) is 8.05. The van der Waals surface area contributed by atoms with Gasteiger partial charge in [0.25, 0.3) is 0 Å². The van der Waals surface area contributed by atoms with Crippen molar-refractivity contribution in [1.29, 1.82) is 0 Å². The lowest BCUT2D eigenvalue weighted by atomic mass is 9.49. The van der Waals surface area contributed by atoms with Gasteiger partial charge in [0.15, 0.2) is 0 Å². The molecule has 4 bridgehead atoms. The molecule has 5 rings (SSSR count). The number of amides is 1. The van der Waals surface area contributed by atoms with Gasteiger partial charge in [0.1, 0.15) is 9.88 Å². The van der Waals surface area contributed by atoms with Crippen LogP contribution in [-0.2, 0) is 14.3 Å². The summed E-state index contributed by atoms with van der Waals surface area (Å²) in [4.78, 5) is 37.5. The summed E-state index contributed by atoms with van der Waals surface area (Å²) < 4.78 is 9.67. The number of carbonyl (C=O) groups is 3. The molecule has 0 radical (unpaired) electrons. The van der Waals surface area contributed by atoms with Crippen LogP contribution in [0.4, 0.5) is 5.00 Å². The van der Waals surface area contributed by atoms with Crippen molar-refractivity contribution in [2.75, 3.05) is 19.5 Å². The van der Waals surface area contributed by atoms with Crippen molar-refractivity contribution >= 4 is 34.2 Å². The SMILES string of the molecule is COC(=O)c1sc(NC(=O)CC23CC4CC(CC(C4)C2)C3)c(C(=O)OC)c1C. The number of ether oxygens (including phenoxy) is 2. The molecule has 0 saturated heterocycles. The van der Waals surface area contributed by atoms with Crippen molar-refractivity contribution in [2.45, 2.75) is 51.9 Å². The first-order chi connectivity index (χ1) is 13.3. The third-order valence-electron chi connectivity index (χ3n) is 6.86. The number of hydrogen-bond donors (Lipinski definition) is 1. The molecule has 28 heavy (non-hydrogen) atoms. The Kier molecular flexibility index (Phi) is 4.98. The van der Waals surface area contributed by atoms with E-state index in [1.807, 2.05) is 0 Å². The first-order valence-electron chi connectivity index (χ1n) is 9.94. The van der Waals surface area contributed by atoms with E-state index in [0.717, 1.165) is 48.4 Å². The number of esters is 2. The van der Waals surface area contributed by atoms with E-state index >= 15 is 0 Å². The highest BCUT2D eigenvalue weighted by Crippen LogP contribution is 2.61. The highest BCUT2D eigenvalue weighted by Gasteiger charge is 2.51. The van der Waals surface area contributed by atoms with Crippen LogP contribution >= 0.6 is 11.3 Å². The van der Waals surface area contributed by atoms with Gasteiger partial charge in [-0.2, -0.15) is 0 Å². The van der Waals surface area contributed by atoms with E-state index in [1.165, 1.54) is 33.5 Å². The van der Waals surface area contributed by atoms with Crippen molar-refractivity contribution in [1.82, 2.24) is 0 Å². The molecule has 1 heterocycles. The Morgan fingerprint density at radius 2 is 1.54 bits per heavy atom. The van der Waals surface area contributed by atoms with E-state index < -0.39 is 11.9 Å². The summed E-state index contributed by atoms with van der Waals surface area (Å²) in [6, 6.07) is 0. The average Bonchev–Trinajstić information content (AvgIpc) is 2.94. The van der Waals surface area contributed by atoms with Crippen LogP contribution in [0, 0.1) is 30.1 Å². The number of anilines is 1. The normalized spacial score (nSPS) is 30.2. The maximum Gasteiger partial charge on any atom is 0.348 e. The molecule has 1 amide bonds. The predicted molar refractivity (Wildman–Crippen MR) is 106 cm³/mol. The van der Waals surface area contributed by atoms with Crippen LogP contribution in [0.15, 0.2) is 0 Å². The molecule has 0 spiro atoms. The maximum absolute atomic E-state index is 12.9. The minimum absolute atomic E-state index is 0.0789. The molecule has 152 valence electrons. The molecule has 0 atom stereocenters. The Balaban J connectivity index is 1.54. The zero-order valence-electron chi connectivity index (χ0n) is 16.6. The van der Waals surface area contributed by atoms with Crippen LogP contribution in [0.25, 0.3) is 0 Å². The Morgan fingerprint density at radius 3 is 2.04 bits per heavy atom. The maximum atomic E-state index is 12.9. The Morgan fingerprint density at radius 1 is 1.00 bits per heavy atom. The van der Waals surface area contributed by atoms with Crippen LogP contribution in [-0.4, -0.2) is 32.1 Å². The fourth-order valence-electron chi connectivity index (χ4n) is 6.25. The Labute approximate surface area is 169 Å². The summed E-state index contributed by atoms with van der Waals surface area (Å²) in [7, 11) is 2.59. The second-order valence-corrected chi connectivity index (χ2v) is 9.91. The summed E-state index contributed by atoms with van der Waals surface area (Å²) >= 11 is 1.08. The zero-order chi connectivity index (χ0) is 20.1. The number of hydrogen-bond acceptors (Lipinski definition) is 6. The largest absolute Gasteiger partial charge is 0.465 e. The molecule has 4 saturated carbocycles. The average molecular weight is 406 g/mol. The molecule has 4 aliphatic carbocycles. The second kappa shape index (κ2) is 7.17. The number of nitrogens with one attached hydrogen (secondary N) is 1. The fraction of sp³-hybridized carbons (Fsp3) is 0.667. The van der Waals surface area contributed by atoms with E-state index in [4.69, 9.17) is 9.47 Å². The molecule has 1 aromatic heterocycles. The minimum atomic E-state index is -0.561. The zero-order valence-corrected chi connectivity index (χ0v) is 17.4. The number of rotatable bonds is 5. The lowest BCUT2D eigenvalue weighted by Crippen LogP contribution is -2.47. The van der Waals surface area contributed by atoms with E-state index in [2.05, 4.69) is 5.32 Å². The Bertz CT molecular complexity index is 792. The van der Waals surface area contributed by atoms with Gasteiger partial charge in [-0.3, -0.25) is 4.79 Å². The van der Waals surface area contributed by atoms with E-state index in [1.54, 1.807) is 6.92 Å². The van der Waals surface area contributed by atoms with Gasteiger partial charge in [-0.25, -0.2) is 9.59 Å². The van der Waals surface area contributed by atoms with Crippen LogP contribution in [0.2, 0.25) is 0 Å². The quantitative estimate of drug-likeness (QED) is 0.744. The first-order valence-corrected chi connectivity index (χ1v) is 10.8. The first kappa shape index (κ1) is 19.4. The van der Waals surface area contributed by atoms with Gasteiger partial charge in [-0.05, 0) is 74.2 Å². The molecule has 0 aromatic carbocycles. The van der Waals surface area contributed by atoms with E-state index in [9.17, 15) is 14.4 Å². The van der Waals surface area contributed by atoms with Gasteiger partial charge in [0.2, 0.25) is 5.91 Å². The van der Waals surface area contributed by atoms with Gasteiger partial charge in [-0.15, -0.1) is 11.3 Å². The van der Waals surface area contributed by atoms with Gasteiger partial charge < -0.3 is 14.8 Å². The van der Waals surface area contributed by atoms with Crippen LogP contribution in [0.5, 0.6) is 0 Å². The molecule has 7 heteroatoms. The van der Waals surface area contributed by atoms with Gasteiger partial charge in [0.05, 0.1) is 19.8 Å². The van der Waals surface area contributed by atoms with Crippen LogP contribution in [0.1, 0.15) is 70.5 Å². The number of thiophene rings is 1. The molecule has 0 aliphatic heterocycles.